The van der Waals surface area contributed by atoms with Gasteiger partial charge in [-0.25, -0.2) is 0 Å². The minimum absolute atomic E-state index is 0.151. The van der Waals surface area contributed by atoms with Gasteiger partial charge in [-0.1, -0.05) is 12.1 Å². The van der Waals surface area contributed by atoms with E-state index in [1.165, 1.54) is 19.4 Å². The van der Waals surface area contributed by atoms with E-state index in [2.05, 4.69) is 17.3 Å². The zero-order valence-electron chi connectivity index (χ0n) is 11.3. The van der Waals surface area contributed by atoms with Crippen LogP contribution in [0.5, 0.6) is 0 Å². The number of likely N-dealkylation sites (tertiary alicyclic amines) is 1. The SMILES string of the molecule is CN1CCCC(CNCc2ccc([N+](=O)[O-])cc2)C1. The Kier molecular flexibility index (Phi) is 4.87. The number of piperidine rings is 1. The third-order valence-corrected chi connectivity index (χ3v) is 3.63. The highest BCUT2D eigenvalue weighted by Crippen LogP contribution is 2.15. The van der Waals surface area contributed by atoms with Crippen LogP contribution < -0.4 is 5.32 Å². The standard InChI is InChI=1S/C14H21N3O2/c1-16-8-2-3-13(11-16)10-15-9-12-4-6-14(7-5-12)17(18)19/h4-7,13,15H,2-3,8-11H2,1H3. The average Bonchev–Trinajstić information content (AvgIpc) is 2.39. The van der Waals surface area contributed by atoms with Crippen LogP contribution in [-0.2, 0) is 6.54 Å². The molecule has 5 heteroatoms. The number of hydrogen-bond acceptors (Lipinski definition) is 4. The average molecular weight is 263 g/mol. The van der Waals surface area contributed by atoms with Gasteiger partial charge in [0.1, 0.15) is 0 Å². The molecule has 0 saturated carbocycles. The fourth-order valence-corrected chi connectivity index (χ4v) is 2.60. The highest BCUT2D eigenvalue weighted by molar-refractivity contribution is 5.32. The van der Waals surface area contributed by atoms with Crippen molar-refractivity contribution in [2.45, 2.75) is 19.4 Å². The molecule has 1 aliphatic heterocycles. The van der Waals surface area contributed by atoms with E-state index in [1.807, 2.05) is 12.1 Å². The lowest BCUT2D eigenvalue weighted by Crippen LogP contribution is -2.37. The smallest absolute Gasteiger partial charge is 0.269 e. The molecule has 0 radical (unpaired) electrons. The monoisotopic (exact) mass is 263 g/mol. The van der Waals surface area contributed by atoms with Gasteiger partial charge in [0.15, 0.2) is 0 Å². The minimum Gasteiger partial charge on any atom is -0.312 e. The normalized spacial score (nSPS) is 20.4. The maximum atomic E-state index is 10.5. The van der Waals surface area contributed by atoms with Crippen molar-refractivity contribution < 1.29 is 4.92 Å². The third kappa shape index (κ3) is 4.29. The topological polar surface area (TPSA) is 58.4 Å². The summed E-state index contributed by atoms with van der Waals surface area (Å²) >= 11 is 0. The molecule has 0 amide bonds. The Labute approximate surface area is 113 Å². The van der Waals surface area contributed by atoms with Gasteiger partial charge in [0.05, 0.1) is 4.92 Å². The van der Waals surface area contributed by atoms with Crippen LogP contribution >= 0.6 is 0 Å². The molecular formula is C14H21N3O2. The molecule has 0 bridgehead atoms. The first-order chi connectivity index (χ1) is 9.15. The van der Waals surface area contributed by atoms with E-state index in [4.69, 9.17) is 0 Å². The van der Waals surface area contributed by atoms with Crippen molar-refractivity contribution >= 4 is 5.69 Å². The summed E-state index contributed by atoms with van der Waals surface area (Å²) < 4.78 is 0. The molecule has 104 valence electrons. The van der Waals surface area contributed by atoms with E-state index in [0.29, 0.717) is 0 Å². The minimum atomic E-state index is -0.366. The van der Waals surface area contributed by atoms with Crippen LogP contribution in [0.1, 0.15) is 18.4 Å². The van der Waals surface area contributed by atoms with Crippen molar-refractivity contribution in [3.63, 3.8) is 0 Å². The van der Waals surface area contributed by atoms with Crippen molar-refractivity contribution in [3.8, 4) is 0 Å². The first-order valence-electron chi connectivity index (χ1n) is 6.78. The third-order valence-electron chi connectivity index (χ3n) is 3.63. The lowest BCUT2D eigenvalue weighted by atomic mass is 9.98. The molecular weight excluding hydrogens is 242 g/mol. The Morgan fingerprint density at radius 2 is 2.16 bits per heavy atom. The Balaban J connectivity index is 1.74. The van der Waals surface area contributed by atoms with E-state index in [9.17, 15) is 10.1 Å². The Morgan fingerprint density at radius 3 is 2.79 bits per heavy atom. The molecule has 1 aromatic rings. The van der Waals surface area contributed by atoms with Gasteiger partial charge in [0, 0.05) is 25.2 Å². The van der Waals surface area contributed by atoms with Gasteiger partial charge < -0.3 is 10.2 Å². The maximum Gasteiger partial charge on any atom is 0.269 e. The van der Waals surface area contributed by atoms with Gasteiger partial charge in [-0.05, 0) is 44.5 Å². The molecule has 1 fully saturated rings. The van der Waals surface area contributed by atoms with E-state index in [-0.39, 0.29) is 10.6 Å². The Hall–Kier alpha value is -1.46. The van der Waals surface area contributed by atoms with Gasteiger partial charge in [0.2, 0.25) is 0 Å². The summed E-state index contributed by atoms with van der Waals surface area (Å²) in [4.78, 5) is 12.6. The van der Waals surface area contributed by atoms with E-state index in [0.717, 1.165) is 31.1 Å². The quantitative estimate of drug-likeness (QED) is 0.652. The van der Waals surface area contributed by atoms with Crippen molar-refractivity contribution in [2.75, 3.05) is 26.7 Å². The lowest BCUT2D eigenvalue weighted by Gasteiger charge is -2.29. The second-order valence-corrected chi connectivity index (χ2v) is 5.32. The number of hydrogen-bond donors (Lipinski definition) is 1. The van der Waals surface area contributed by atoms with Gasteiger partial charge >= 0.3 is 0 Å². The Morgan fingerprint density at radius 1 is 1.42 bits per heavy atom. The summed E-state index contributed by atoms with van der Waals surface area (Å²) in [6.07, 6.45) is 2.57. The highest BCUT2D eigenvalue weighted by atomic mass is 16.6. The molecule has 1 aromatic carbocycles. The number of non-ortho nitro benzene ring substituents is 1. The van der Waals surface area contributed by atoms with Crippen molar-refractivity contribution in [3.05, 3.63) is 39.9 Å². The molecule has 0 spiro atoms. The van der Waals surface area contributed by atoms with E-state index >= 15 is 0 Å². The summed E-state index contributed by atoms with van der Waals surface area (Å²) in [7, 11) is 2.17. The first-order valence-corrected chi connectivity index (χ1v) is 6.78. The number of nitro benzene ring substituents is 1. The van der Waals surface area contributed by atoms with Crippen molar-refractivity contribution in [1.29, 1.82) is 0 Å². The molecule has 5 nitrogen and oxygen atoms in total. The van der Waals surface area contributed by atoms with Crippen LogP contribution in [0.2, 0.25) is 0 Å². The van der Waals surface area contributed by atoms with E-state index < -0.39 is 0 Å². The number of nitrogens with one attached hydrogen (secondary N) is 1. The van der Waals surface area contributed by atoms with Crippen LogP contribution in [-0.4, -0.2) is 36.5 Å². The first kappa shape index (κ1) is 14.0. The molecule has 1 saturated heterocycles. The molecule has 19 heavy (non-hydrogen) atoms. The molecule has 0 aliphatic carbocycles. The Bertz CT molecular complexity index is 419. The fraction of sp³-hybridized carbons (Fsp3) is 0.571. The predicted molar refractivity (Wildman–Crippen MR) is 75.0 cm³/mol. The van der Waals surface area contributed by atoms with Gasteiger partial charge in [-0.15, -0.1) is 0 Å². The largest absolute Gasteiger partial charge is 0.312 e. The molecule has 0 aromatic heterocycles. The highest BCUT2D eigenvalue weighted by Gasteiger charge is 2.16. The second kappa shape index (κ2) is 6.63. The summed E-state index contributed by atoms with van der Waals surface area (Å²) in [5.41, 5.74) is 1.24. The molecule has 1 atom stereocenters. The van der Waals surface area contributed by atoms with Crippen molar-refractivity contribution in [1.82, 2.24) is 10.2 Å². The van der Waals surface area contributed by atoms with E-state index in [1.54, 1.807) is 12.1 Å². The number of nitrogens with zero attached hydrogens (tertiary/aromatic N) is 2. The predicted octanol–water partition coefficient (Wildman–Crippen LogP) is 2.03. The van der Waals surface area contributed by atoms with Crippen LogP contribution in [0.15, 0.2) is 24.3 Å². The summed E-state index contributed by atoms with van der Waals surface area (Å²) in [6.45, 7) is 4.16. The van der Waals surface area contributed by atoms with Crippen LogP contribution in [0.3, 0.4) is 0 Å². The van der Waals surface area contributed by atoms with Gasteiger partial charge in [0.25, 0.3) is 5.69 Å². The fourth-order valence-electron chi connectivity index (χ4n) is 2.60. The molecule has 1 unspecified atom stereocenters. The maximum absolute atomic E-state index is 10.5. The summed E-state index contributed by atoms with van der Waals surface area (Å²) in [5.74, 6) is 0.719. The lowest BCUT2D eigenvalue weighted by molar-refractivity contribution is -0.384. The number of nitro groups is 1. The number of rotatable bonds is 5. The summed E-state index contributed by atoms with van der Waals surface area (Å²) in [6, 6.07) is 6.76. The van der Waals surface area contributed by atoms with Crippen LogP contribution in [0.25, 0.3) is 0 Å². The molecule has 1 aliphatic rings. The second-order valence-electron chi connectivity index (χ2n) is 5.32. The summed E-state index contributed by atoms with van der Waals surface area (Å²) in [5, 5.41) is 14.0. The van der Waals surface area contributed by atoms with Crippen LogP contribution in [0, 0.1) is 16.0 Å². The molecule has 2 rings (SSSR count). The van der Waals surface area contributed by atoms with Gasteiger partial charge in [-0.3, -0.25) is 10.1 Å². The number of benzene rings is 1. The zero-order chi connectivity index (χ0) is 13.7. The van der Waals surface area contributed by atoms with Crippen molar-refractivity contribution in [2.24, 2.45) is 5.92 Å². The molecule has 1 heterocycles. The van der Waals surface area contributed by atoms with Crippen LogP contribution in [0.4, 0.5) is 5.69 Å². The molecule has 1 N–H and O–H groups in total. The zero-order valence-corrected chi connectivity index (χ0v) is 11.3. The van der Waals surface area contributed by atoms with Gasteiger partial charge in [-0.2, -0.15) is 0 Å².